The van der Waals surface area contributed by atoms with Crippen molar-refractivity contribution in [2.45, 2.75) is 6.92 Å². The fourth-order valence-electron chi connectivity index (χ4n) is 0.0527. The summed E-state index contributed by atoms with van der Waals surface area (Å²) >= 11 is 4.40. The highest BCUT2D eigenvalue weighted by Crippen LogP contribution is 1.89. The van der Waals surface area contributed by atoms with Gasteiger partial charge in [-0.05, 0) is 18.7 Å². The Labute approximate surface area is 38.3 Å². The lowest BCUT2D eigenvalue weighted by Gasteiger charge is -1.75. The van der Waals surface area contributed by atoms with Crippen LogP contribution in [0.25, 0.3) is 0 Å². The lowest BCUT2D eigenvalue weighted by Crippen LogP contribution is -1.65. The normalized spacial score (nSPS) is 9.00. The molecule has 0 aromatic rings. The molecule has 0 atom stereocenters. The quantitative estimate of drug-likeness (QED) is 0.494. The molecule has 0 bridgehead atoms. The molecular weight excluding hydrogens is 103 g/mol. The van der Waals surface area contributed by atoms with Crippen LogP contribution < -0.4 is 0 Å². The summed E-state index contributed by atoms with van der Waals surface area (Å²) in [6, 6.07) is 0. The lowest BCUT2D eigenvalue weighted by atomic mass is 10.9. The Morgan fingerprint density at radius 3 is 2.60 bits per heavy atom. The Kier molecular flexibility index (Phi) is 4.91. The molecule has 0 unspecified atom stereocenters. The number of hydrogen-bond acceptors (Lipinski definition) is 2. The first-order valence-corrected chi connectivity index (χ1v) is 3.19. The minimum atomic E-state index is 0.613. The van der Waals surface area contributed by atoms with E-state index in [-0.39, 0.29) is 0 Å². The summed E-state index contributed by atoms with van der Waals surface area (Å²) in [5, 5.41) is 0. The van der Waals surface area contributed by atoms with Crippen LogP contribution in [0.2, 0.25) is 0 Å². The summed E-state index contributed by atoms with van der Waals surface area (Å²) in [6.45, 7) is 2.64. The molecule has 0 amide bonds. The summed E-state index contributed by atoms with van der Waals surface area (Å²) in [5.74, 6) is 0. The minimum Gasteiger partial charge on any atom is -0.318 e. The highest BCUT2D eigenvalue weighted by molar-refractivity contribution is 7.94. The van der Waals surface area contributed by atoms with E-state index in [9.17, 15) is 0 Å². The molecule has 0 aliphatic rings. The van der Waals surface area contributed by atoms with Gasteiger partial charge in [-0.2, -0.15) is 0 Å². The van der Waals surface area contributed by atoms with E-state index in [2.05, 4.69) is 16.3 Å². The first kappa shape index (κ1) is 5.48. The molecule has 0 fully saturated rings. The second kappa shape index (κ2) is 4.48. The average molecular weight is 108 g/mol. The first-order chi connectivity index (χ1) is 2.41. The predicted octanol–water partition coefficient (Wildman–Crippen LogP) is 1.35. The summed E-state index contributed by atoms with van der Waals surface area (Å²) < 4.78 is 4.62. The molecule has 0 saturated carbocycles. The molecule has 0 rings (SSSR count). The Morgan fingerprint density at radius 2 is 2.60 bits per heavy atom. The van der Waals surface area contributed by atoms with Gasteiger partial charge in [0.05, 0.1) is 6.61 Å². The first-order valence-electron chi connectivity index (χ1n) is 1.36. The van der Waals surface area contributed by atoms with E-state index >= 15 is 0 Å². The topological polar surface area (TPSA) is 9.23 Å². The summed E-state index contributed by atoms with van der Waals surface area (Å²) in [6.07, 6.45) is 0. The molecule has 0 aliphatic carbocycles. The molecule has 0 N–H and O–H groups in total. The van der Waals surface area contributed by atoms with Crippen LogP contribution in [0.3, 0.4) is 0 Å². The van der Waals surface area contributed by atoms with Gasteiger partial charge in [0.2, 0.25) is 0 Å². The van der Waals surface area contributed by atoms with Crippen LogP contribution in [-0.2, 0) is 16.3 Å². The van der Waals surface area contributed by atoms with Crippen molar-refractivity contribution < 1.29 is 4.52 Å². The number of hydrogen-bond donors (Lipinski definition) is 0. The van der Waals surface area contributed by atoms with Crippen molar-refractivity contribution in [2.24, 2.45) is 0 Å². The van der Waals surface area contributed by atoms with Crippen molar-refractivity contribution in [3.8, 4) is 0 Å². The molecule has 5 heavy (non-hydrogen) atoms. The van der Waals surface area contributed by atoms with E-state index in [0.29, 0.717) is 7.58 Å². The summed E-state index contributed by atoms with van der Waals surface area (Å²) in [5.41, 5.74) is 0. The van der Waals surface area contributed by atoms with Crippen LogP contribution in [0.5, 0.6) is 0 Å². The Bertz CT molecular complexity index is 30.8. The van der Waals surface area contributed by atoms with E-state index in [0.717, 1.165) is 6.61 Å². The maximum atomic E-state index is 4.62. The summed E-state index contributed by atoms with van der Waals surface area (Å²) in [4.78, 5) is 0. The third kappa shape index (κ3) is 4.48. The number of rotatable bonds is 2. The predicted molar refractivity (Wildman–Crippen MR) is 25.9 cm³/mol. The fraction of sp³-hybridized carbons (Fsp3) is 1.00. The van der Waals surface area contributed by atoms with Crippen LogP contribution in [-0.4, -0.2) is 6.61 Å². The lowest BCUT2D eigenvalue weighted by molar-refractivity contribution is 0.398. The Hall–Kier alpha value is 0.480. The molecule has 0 saturated heterocycles. The maximum absolute atomic E-state index is 4.62. The highest BCUT2D eigenvalue weighted by Gasteiger charge is 1.61. The van der Waals surface area contributed by atoms with Gasteiger partial charge in [0.15, 0.2) is 0 Å². The molecule has 0 aromatic carbocycles. The van der Waals surface area contributed by atoms with Crippen LogP contribution in [0.1, 0.15) is 6.92 Å². The Morgan fingerprint density at radius 1 is 2.00 bits per heavy atom. The van der Waals surface area contributed by atoms with Gasteiger partial charge in [0, 0.05) is 0 Å². The molecular formula is C2H5OPS. The van der Waals surface area contributed by atoms with Gasteiger partial charge in [0.1, 0.15) is 7.58 Å². The van der Waals surface area contributed by atoms with Gasteiger partial charge >= 0.3 is 0 Å². The SMILES string of the molecule is CCOP=S. The second-order valence-corrected chi connectivity index (χ2v) is 1.35. The van der Waals surface area contributed by atoms with Crippen molar-refractivity contribution >= 4 is 19.4 Å². The molecule has 0 heterocycles. The third-order valence-corrected chi connectivity index (χ3v) is 0.862. The molecule has 0 radical (unpaired) electrons. The molecule has 3 heteroatoms. The van der Waals surface area contributed by atoms with Crippen molar-refractivity contribution in [1.82, 2.24) is 0 Å². The smallest absolute Gasteiger partial charge is 0.136 e. The van der Waals surface area contributed by atoms with E-state index in [1.54, 1.807) is 0 Å². The van der Waals surface area contributed by atoms with Crippen LogP contribution in [0.4, 0.5) is 0 Å². The van der Waals surface area contributed by atoms with Gasteiger partial charge in [-0.1, -0.05) is 0 Å². The standard InChI is InChI=1S/C2H5OPS/c1-2-3-4-5/h2H2,1H3. The zero-order valence-corrected chi connectivity index (χ0v) is 4.68. The van der Waals surface area contributed by atoms with Gasteiger partial charge in [-0.15, -0.1) is 0 Å². The van der Waals surface area contributed by atoms with E-state index in [1.807, 2.05) is 6.92 Å². The zero-order chi connectivity index (χ0) is 4.12. The highest BCUT2D eigenvalue weighted by atomic mass is 32.4. The second-order valence-electron chi connectivity index (χ2n) is 0.492. The van der Waals surface area contributed by atoms with Gasteiger partial charge in [-0.25, -0.2) is 0 Å². The van der Waals surface area contributed by atoms with Gasteiger partial charge < -0.3 is 4.52 Å². The van der Waals surface area contributed by atoms with Crippen molar-refractivity contribution in [3.05, 3.63) is 0 Å². The molecule has 0 aromatic heterocycles. The molecule has 0 spiro atoms. The fourth-order valence-corrected chi connectivity index (χ4v) is 0.474. The van der Waals surface area contributed by atoms with Gasteiger partial charge in [0.25, 0.3) is 0 Å². The van der Waals surface area contributed by atoms with E-state index in [4.69, 9.17) is 0 Å². The van der Waals surface area contributed by atoms with E-state index in [1.165, 1.54) is 0 Å². The van der Waals surface area contributed by atoms with Gasteiger partial charge in [-0.3, -0.25) is 0 Å². The van der Waals surface area contributed by atoms with Crippen LogP contribution >= 0.6 is 7.58 Å². The van der Waals surface area contributed by atoms with Crippen molar-refractivity contribution in [3.63, 3.8) is 0 Å². The summed E-state index contributed by atoms with van der Waals surface area (Å²) in [7, 11) is 0.613. The zero-order valence-electron chi connectivity index (χ0n) is 2.97. The minimum absolute atomic E-state index is 0.613. The maximum Gasteiger partial charge on any atom is 0.136 e. The largest absolute Gasteiger partial charge is 0.318 e. The molecule has 30 valence electrons. The van der Waals surface area contributed by atoms with Crippen LogP contribution in [0.15, 0.2) is 0 Å². The van der Waals surface area contributed by atoms with Crippen molar-refractivity contribution in [1.29, 1.82) is 0 Å². The monoisotopic (exact) mass is 108 g/mol. The average Bonchev–Trinajstić information content (AvgIpc) is 1.41. The molecule has 1 nitrogen and oxygen atoms in total. The molecule has 0 aliphatic heterocycles. The van der Waals surface area contributed by atoms with E-state index < -0.39 is 0 Å². The van der Waals surface area contributed by atoms with Crippen LogP contribution in [0, 0.1) is 0 Å². The van der Waals surface area contributed by atoms with Crippen molar-refractivity contribution in [2.75, 3.05) is 6.61 Å². The third-order valence-electron chi connectivity index (χ3n) is 0.182. The Balaban J connectivity index is 2.40.